The number of hydrogen-bond donors (Lipinski definition) is 1. The van der Waals surface area contributed by atoms with Crippen LogP contribution in [0.25, 0.3) is 0 Å². The molecule has 0 aliphatic carbocycles. The third-order valence-corrected chi connectivity index (χ3v) is 3.17. The zero-order chi connectivity index (χ0) is 18.6. The number of rotatable bonds is 4. The topological polar surface area (TPSA) is 64.6 Å². The van der Waals surface area contributed by atoms with Crippen molar-refractivity contribution in [3.63, 3.8) is 0 Å². The van der Waals surface area contributed by atoms with Crippen molar-refractivity contribution in [1.29, 1.82) is 0 Å². The Morgan fingerprint density at radius 3 is 2.32 bits per heavy atom. The number of methoxy groups -OCH3 is 1. The quantitative estimate of drug-likeness (QED) is 0.669. The highest BCUT2D eigenvalue weighted by Gasteiger charge is 2.37. The van der Waals surface area contributed by atoms with Gasteiger partial charge >= 0.3 is 12.1 Å². The van der Waals surface area contributed by atoms with Crippen LogP contribution in [0.3, 0.4) is 0 Å². The minimum Gasteiger partial charge on any atom is -0.495 e. The van der Waals surface area contributed by atoms with Crippen LogP contribution in [0.15, 0.2) is 42.5 Å². The van der Waals surface area contributed by atoms with Gasteiger partial charge in [0, 0.05) is 6.92 Å². The zero-order valence-electron chi connectivity index (χ0n) is 13.3. The fourth-order valence-electron chi connectivity index (χ4n) is 2.13. The lowest BCUT2D eigenvalue weighted by Crippen LogP contribution is -2.19. The number of esters is 1. The number of carbonyl (C=O) groups excluding carboxylic acids is 2. The van der Waals surface area contributed by atoms with Gasteiger partial charge in [0.1, 0.15) is 5.75 Å². The van der Waals surface area contributed by atoms with E-state index in [2.05, 4.69) is 10.1 Å². The van der Waals surface area contributed by atoms with E-state index in [0.717, 1.165) is 25.1 Å². The van der Waals surface area contributed by atoms with Crippen LogP contribution in [-0.4, -0.2) is 19.0 Å². The Labute approximate surface area is 141 Å². The number of amides is 1. The molecule has 2 rings (SSSR count). The van der Waals surface area contributed by atoms with Crippen LogP contribution in [0.5, 0.6) is 11.5 Å². The minimum absolute atomic E-state index is 0.265. The first-order valence-electron chi connectivity index (χ1n) is 7.07. The smallest absolute Gasteiger partial charge is 0.420 e. The number of para-hydroxylation sites is 3. The second kappa shape index (κ2) is 7.25. The van der Waals surface area contributed by atoms with Crippen molar-refractivity contribution in [3.05, 3.63) is 53.6 Å². The Morgan fingerprint density at radius 1 is 1.04 bits per heavy atom. The number of hydrogen-bond acceptors (Lipinski definition) is 4. The van der Waals surface area contributed by atoms with Crippen molar-refractivity contribution < 1.29 is 32.2 Å². The Morgan fingerprint density at radius 2 is 1.72 bits per heavy atom. The molecule has 0 saturated carbocycles. The van der Waals surface area contributed by atoms with Crippen molar-refractivity contribution in [2.45, 2.75) is 13.1 Å². The van der Waals surface area contributed by atoms with Crippen LogP contribution in [0.1, 0.15) is 22.8 Å². The van der Waals surface area contributed by atoms with Gasteiger partial charge in [-0.15, -0.1) is 0 Å². The SMILES string of the molecule is COc1ccccc1NC(=O)c1cccc(C(F)(F)F)c1OC(C)=O. The van der Waals surface area contributed by atoms with Crippen LogP contribution in [0.4, 0.5) is 18.9 Å². The summed E-state index contributed by atoms with van der Waals surface area (Å²) in [6.07, 6.45) is -4.79. The van der Waals surface area contributed by atoms with E-state index in [9.17, 15) is 22.8 Å². The molecule has 5 nitrogen and oxygen atoms in total. The van der Waals surface area contributed by atoms with Crippen LogP contribution in [-0.2, 0) is 11.0 Å². The predicted octanol–water partition coefficient (Wildman–Crippen LogP) is 3.89. The van der Waals surface area contributed by atoms with Gasteiger partial charge in [-0.2, -0.15) is 13.2 Å². The number of anilines is 1. The van der Waals surface area contributed by atoms with Gasteiger partial charge < -0.3 is 14.8 Å². The first kappa shape index (κ1) is 18.3. The van der Waals surface area contributed by atoms with Crippen LogP contribution in [0.2, 0.25) is 0 Å². The van der Waals surface area contributed by atoms with Crippen molar-refractivity contribution in [2.24, 2.45) is 0 Å². The van der Waals surface area contributed by atoms with E-state index in [0.29, 0.717) is 5.75 Å². The Balaban J connectivity index is 2.47. The molecule has 132 valence electrons. The van der Waals surface area contributed by atoms with Crippen LogP contribution < -0.4 is 14.8 Å². The standard InChI is InChI=1S/C17H14F3NO4/c1-10(22)25-15-11(6-5-7-12(15)17(18,19)20)16(23)21-13-8-3-4-9-14(13)24-2/h3-9H,1-2H3,(H,21,23). The number of benzene rings is 2. The highest BCUT2D eigenvalue weighted by Crippen LogP contribution is 2.38. The van der Waals surface area contributed by atoms with Gasteiger partial charge in [0.25, 0.3) is 5.91 Å². The fraction of sp³-hybridized carbons (Fsp3) is 0.176. The van der Waals surface area contributed by atoms with Gasteiger partial charge in [-0.1, -0.05) is 18.2 Å². The van der Waals surface area contributed by atoms with Gasteiger partial charge in [-0.25, -0.2) is 0 Å². The Hall–Kier alpha value is -3.03. The third kappa shape index (κ3) is 4.28. The molecule has 0 aromatic heterocycles. The molecule has 0 fully saturated rings. The molecule has 25 heavy (non-hydrogen) atoms. The van der Waals surface area contributed by atoms with E-state index in [1.165, 1.54) is 13.2 Å². The predicted molar refractivity (Wildman–Crippen MR) is 83.7 cm³/mol. The molecular weight excluding hydrogens is 339 g/mol. The Kier molecular flexibility index (Phi) is 5.31. The van der Waals surface area contributed by atoms with E-state index in [1.807, 2.05) is 0 Å². The van der Waals surface area contributed by atoms with Crippen LogP contribution in [0, 0.1) is 0 Å². The lowest BCUT2D eigenvalue weighted by Gasteiger charge is -2.16. The normalized spacial score (nSPS) is 10.9. The number of carbonyl (C=O) groups is 2. The molecule has 0 bridgehead atoms. The van der Waals surface area contributed by atoms with E-state index in [4.69, 9.17) is 4.74 Å². The van der Waals surface area contributed by atoms with Crippen molar-refractivity contribution in [3.8, 4) is 11.5 Å². The molecule has 0 radical (unpaired) electrons. The largest absolute Gasteiger partial charge is 0.495 e. The summed E-state index contributed by atoms with van der Waals surface area (Å²) in [5, 5.41) is 2.45. The van der Waals surface area contributed by atoms with E-state index in [-0.39, 0.29) is 5.69 Å². The molecule has 1 N–H and O–H groups in total. The molecule has 0 spiro atoms. The molecule has 0 aliphatic rings. The van der Waals surface area contributed by atoms with Gasteiger partial charge in [0.15, 0.2) is 5.75 Å². The van der Waals surface area contributed by atoms with Gasteiger partial charge in [0.05, 0.1) is 23.9 Å². The van der Waals surface area contributed by atoms with Crippen molar-refractivity contribution in [2.75, 3.05) is 12.4 Å². The van der Waals surface area contributed by atoms with E-state index >= 15 is 0 Å². The molecule has 2 aromatic carbocycles. The molecule has 0 unspecified atom stereocenters. The Bertz CT molecular complexity index is 803. The summed E-state index contributed by atoms with van der Waals surface area (Å²) >= 11 is 0. The zero-order valence-corrected chi connectivity index (χ0v) is 13.3. The van der Waals surface area contributed by atoms with E-state index in [1.54, 1.807) is 18.2 Å². The lowest BCUT2D eigenvalue weighted by molar-refractivity contribution is -0.141. The van der Waals surface area contributed by atoms with Crippen LogP contribution >= 0.6 is 0 Å². The summed E-state index contributed by atoms with van der Waals surface area (Å²) in [5.41, 5.74) is -1.37. The summed E-state index contributed by atoms with van der Waals surface area (Å²) in [5.74, 6) is -2.35. The summed E-state index contributed by atoms with van der Waals surface area (Å²) < 4.78 is 49.2. The molecule has 2 aromatic rings. The average molecular weight is 353 g/mol. The van der Waals surface area contributed by atoms with E-state index < -0.39 is 34.9 Å². The number of alkyl halides is 3. The highest BCUT2D eigenvalue weighted by molar-refractivity contribution is 6.07. The summed E-state index contributed by atoms with van der Waals surface area (Å²) in [7, 11) is 1.39. The molecule has 1 amide bonds. The summed E-state index contributed by atoms with van der Waals surface area (Å²) in [6.45, 7) is 0.953. The van der Waals surface area contributed by atoms with Crippen molar-refractivity contribution in [1.82, 2.24) is 0 Å². The summed E-state index contributed by atoms with van der Waals surface area (Å²) in [6, 6.07) is 9.33. The maximum atomic E-state index is 13.1. The second-order valence-electron chi connectivity index (χ2n) is 4.93. The lowest BCUT2D eigenvalue weighted by atomic mass is 10.1. The van der Waals surface area contributed by atoms with Gasteiger partial charge in [0.2, 0.25) is 0 Å². The number of halogens is 3. The minimum atomic E-state index is -4.79. The molecule has 8 heteroatoms. The average Bonchev–Trinajstić information content (AvgIpc) is 2.53. The second-order valence-corrected chi connectivity index (χ2v) is 4.93. The fourth-order valence-corrected chi connectivity index (χ4v) is 2.13. The number of nitrogens with one attached hydrogen (secondary N) is 1. The van der Waals surface area contributed by atoms with Crippen molar-refractivity contribution >= 4 is 17.6 Å². The maximum absolute atomic E-state index is 13.1. The molecule has 0 heterocycles. The maximum Gasteiger partial charge on any atom is 0.420 e. The molecule has 0 aliphatic heterocycles. The van der Waals surface area contributed by atoms with Gasteiger partial charge in [-0.3, -0.25) is 9.59 Å². The molecule has 0 saturated heterocycles. The monoisotopic (exact) mass is 353 g/mol. The molecular formula is C17H14F3NO4. The summed E-state index contributed by atoms with van der Waals surface area (Å²) in [4.78, 5) is 23.6. The highest BCUT2D eigenvalue weighted by atomic mass is 19.4. The first-order chi connectivity index (χ1) is 11.7. The van der Waals surface area contributed by atoms with Gasteiger partial charge in [-0.05, 0) is 24.3 Å². The first-order valence-corrected chi connectivity index (χ1v) is 7.07. The third-order valence-electron chi connectivity index (χ3n) is 3.17. The molecule has 0 atom stereocenters. The number of ether oxygens (including phenoxy) is 2.